The maximum atomic E-state index is 14.4. The highest BCUT2D eigenvalue weighted by Crippen LogP contribution is 2.44. The second kappa shape index (κ2) is 28.7. The van der Waals surface area contributed by atoms with Gasteiger partial charge < -0.3 is 34.4 Å². The van der Waals surface area contributed by atoms with Crippen molar-refractivity contribution in [1.29, 1.82) is 0 Å². The van der Waals surface area contributed by atoms with Crippen molar-refractivity contribution in [2.24, 2.45) is 5.41 Å². The highest BCUT2D eigenvalue weighted by atomic mass is 35.5. The number of halogens is 4. The van der Waals surface area contributed by atoms with Gasteiger partial charge in [0.25, 0.3) is 25.8 Å². The van der Waals surface area contributed by atoms with Gasteiger partial charge in [-0.2, -0.15) is 17.5 Å². The molecular weight excluding hydrogens is 1240 g/mol. The molecule has 26 heteroatoms. The smallest absolute Gasteiger partial charge is 0.444 e. The molecule has 482 valence electrons. The number of alkyl halides is 3. The van der Waals surface area contributed by atoms with Gasteiger partial charge >= 0.3 is 11.6 Å². The number of sulfonamides is 2. The molecule has 4 saturated heterocycles. The van der Waals surface area contributed by atoms with Crippen LogP contribution in [0, 0.1) is 5.41 Å². The van der Waals surface area contributed by atoms with Gasteiger partial charge in [-0.3, -0.25) is 9.69 Å². The van der Waals surface area contributed by atoms with Crippen molar-refractivity contribution < 1.29 is 57.5 Å². The van der Waals surface area contributed by atoms with E-state index < -0.39 is 79.8 Å². The fourth-order valence-corrected chi connectivity index (χ4v) is 17.3. The Balaban J connectivity index is 0.806. The first-order chi connectivity index (χ1) is 41.6. The molecule has 5 aliphatic rings. The number of hydrogen-bond acceptors (Lipinski definition) is 16. The molecule has 4 aromatic carbocycles. The zero-order chi connectivity index (χ0) is 63.1. The Bertz CT molecular complexity index is 3420. The van der Waals surface area contributed by atoms with Gasteiger partial charge in [0.2, 0.25) is 10.0 Å². The summed E-state index contributed by atoms with van der Waals surface area (Å²) in [6.07, 6.45) is 4.27. The van der Waals surface area contributed by atoms with Gasteiger partial charge in [0.15, 0.2) is 0 Å². The first-order valence-corrected chi connectivity index (χ1v) is 36.0. The van der Waals surface area contributed by atoms with Crippen molar-refractivity contribution in [3.63, 3.8) is 0 Å². The van der Waals surface area contributed by atoms with Gasteiger partial charge in [-0.15, -0.1) is 11.8 Å². The Kier molecular flexibility index (Phi) is 22.0. The highest BCUT2D eigenvalue weighted by molar-refractivity contribution is 7.99. The Hall–Kier alpha value is -4.96. The maximum absolute atomic E-state index is 14.4. The van der Waals surface area contributed by atoms with E-state index in [0.717, 1.165) is 86.7 Å². The van der Waals surface area contributed by atoms with Crippen LogP contribution in [0.15, 0.2) is 117 Å². The third kappa shape index (κ3) is 17.5. The number of anilines is 2. The molecule has 4 fully saturated rings. The monoisotopic (exact) mass is 1320 g/mol. The largest absolute Gasteiger partial charge is 0.501 e. The number of allylic oxidation sites excluding steroid dienone is 1. The number of rotatable bonds is 20. The number of nitrogens with one attached hydrogen (secondary N) is 2. The third-order valence-corrected chi connectivity index (χ3v) is 23.8. The number of piperidine rings is 1. The van der Waals surface area contributed by atoms with Crippen LogP contribution in [-0.4, -0.2) is 201 Å². The first kappa shape index (κ1) is 67.4. The molecule has 0 aromatic heterocycles. The number of benzene rings is 4. The summed E-state index contributed by atoms with van der Waals surface area (Å²) >= 11 is 7.79. The normalized spacial score (nSPS) is 21.0. The molecule has 18 nitrogen and oxygen atoms in total. The molecule has 0 radical (unpaired) electrons. The molecule has 0 saturated carbocycles. The number of ether oxygens (including phenoxy) is 2. The number of piperazine rings is 2. The zero-order valence-corrected chi connectivity index (χ0v) is 54.5. The lowest BCUT2D eigenvalue weighted by molar-refractivity contribution is -0.0436. The Labute approximate surface area is 526 Å². The SMILES string of the molecule is CC(C)(C)OC(=O)N1CCC(S(=O)(=O)N2CCN(C[C@]3(C)CCC(c4ccc(Cl)cc4)=C(CN4CCN(c5ccc(C(=O)NS(=O)(=O)c6ccc(N[C@H](CCN7CCCOCC7)CSc7ccccc7)c(S(=O)(=O)C(F)(F)F)c6)cc5)CC4)C3)CC2)CC1. The minimum Gasteiger partial charge on any atom is -0.444 e. The summed E-state index contributed by atoms with van der Waals surface area (Å²) in [5.74, 6) is -0.706. The average Bonchev–Trinajstić information content (AvgIpc) is 1.53. The lowest BCUT2D eigenvalue weighted by atomic mass is 9.71. The highest BCUT2D eigenvalue weighted by Gasteiger charge is 2.49. The van der Waals surface area contributed by atoms with Gasteiger partial charge in [-0.25, -0.2) is 34.8 Å². The Morgan fingerprint density at radius 3 is 2.11 bits per heavy atom. The van der Waals surface area contributed by atoms with Gasteiger partial charge in [0.1, 0.15) is 10.5 Å². The van der Waals surface area contributed by atoms with Crippen molar-refractivity contribution >= 4 is 82.2 Å². The predicted octanol–water partition coefficient (Wildman–Crippen LogP) is 9.55. The molecule has 1 aliphatic carbocycles. The van der Waals surface area contributed by atoms with Crippen LogP contribution in [0.2, 0.25) is 5.02 Å². The molecular formula is C62H82ClF3N8O10S4. The quantitative estimate of drug-likeness (QED) is 0.0793. The van der Waals surface area contributed by atoms with E-state index in [1.54, 1.807) is 21.3 Å². The molecule has 88 heavy (non-hydrogen) atoms. The second-order valence-corrected chi connectivity index (χ2v) is 32.2. The van der Waals surface area contributed by atoms with Crippen molar-refractivity contribution in [2.45, 2.75) is 110 Å². The van der Waals surface area contributed by atoms with E-state index in [9.17, 15) is 48.0 Å². The maximum Gasteiger partial charge on any atom is 0.501 e. The number of nitrogens with zero attached hydrogens (tertiary/aromatic N) is 6. The number of thioether (sulfide) groups is 1. The number of amides is 2. The van der Waals surface area contributed by atoms with Gasteiger partial charge in [0.05, 0.1) is 22.4 Å². The topological polar surface area (TPSA) is 199 Å². The zero-order valence-electron chi connectivity index (χ0n) is 50.5. The summed E-state index contributed by atoms with van der Waals surface area (Å²) in [5, 5.41) is 3.14. The number of carbonyl (C=O) groups excluding carboxylic acids is 2. The lowest BCUT2D eigenvalue weighted by Gasteiger charge is -2.44. The van der Waals surface area contributed by atoms with Crippen LogP contribution >= 0.6 is 23.4 Å². The van der Waals surface area contributed by atoms with Crippen LogP contribution < -0.4 is 14.9 Å². The van der Waals surface area contributed by atoms with E-state index in [4.69, 9.17) is 21.1 Å². The summed E-state index contributed by atoms with van der Waals surface area (Å²) in [5.41, 5.74) is -2.32. The van der Waals surface area contributed by atoms with Crippen LogP contribution in [0.3, 0.4) is 0 Å². The van der Waals surface area contributed by atoms with E-state index >= 15 is 0 Å². The van der Waals surface area contributed by atoms with Crippen LogP contribution in [0.4, 0.5) is 29.3 Å². The van der Waals surface area contributed by atoms with Crippen molar-refractivity contribution in [3.05, 3.63) is 119 Å². The molecule has 4 aromatic rings. The second-order valence-electron chi connectivity index (χ2n) is 24.9. The first-order valence-electron chi connectivity index (χ1n) is 30.2. The molecule has 0 bridgehead atoms. The summed E-state index contributed by atoms with van der Waals surface area (Å²) in [6, 6.07) is 25.6. The lowest BCUT2D eigenvalue weighted by Crippen LogP contribution is -2.54. The minimum atomic E-state index is -6.10. The number of hydrogen-bond donors (Lipinski definition) is 2. The molecule has 0 unspecified atom stereocenters. The molecule has 4 heterocycles. The van der Waals surface area contributed by atoms with Crippen LogP contribution in [0.25, 0.3) is 5.57 Å². The summed E-state index contributed by atoms with van der Waals surface area (Å²) in [6.45, 7) is 18.0. The van der Waals surface area contributed by atoms with Crippen LogP contribution in [-0.2, 0) is 39.4 Å². The van der Waals surface area contributed by atoms with Crippen molar-refractivity contribution in [1.82, 2.24) is 28.6 Å². The van der Waals surface area contributed by atoms with Gasteiger partial charge in [-0.05, 0) is 149 Å². The standard InChI is InChI=1S/C62H82ClF3N8O10S4/c1-60(2,3)84-59(76)73-28-23-53(24-29-73)88(81,82)74-36-32-71(33-37-74)45-61(4)25-21-55(46-11-15-49(63)16-12-46)48(42-61)43-70-30-34-72(35-31-70)51-17-13-47(14-18-51)58(75)68-87(79,80)54-19-20-56(57(41-54)86(77,78)62(64,65)66)67-50(44-85-52-9-6-5-7-10-52)22-27-69-26-8-39-83-40-38-69/h5-7,9-20,41,50,53,67H,8,21-40,42-45H2,1-4H3,(H,68,75)/t50-,61-/m1/s1. The van der Waals surface area contributed by atoms with Crippen molar-refractivity contribution in [3.8, 4) is 0 Å². The van der Waals surface area contributed by atoms with E-state index in [-0.39, 0.29) is 11.0 Å². The molecule has 9 rings (SSSR count). The van der Waals surface area contributed by atoms with E-state index in [2.05, 4.69) is 44.0 Å². The number of likely N-dealkylation sites (tertiary alicyclic amines) is 1. The molecule has 4 aliphatic heterocycles. The Morgan fingerprint density at radius 2 is 1.45 bits per heavy atom. The number of carbonyl (C=O) groups is 2. The van der Waals surface area contributed by atoms with Crippen LogP contribution in [0.5, 0.6) is 0 Å². The molecule has 2 amide bonds. The average molecular weight is 1320 g/mol. The van der Waals surface area contributed by atoms with E-state index in [1.165, 1.54) is 35.0 Å². The third-order valence-electron chi connectivity index (χ3n) is 17.1. The van der Waals surface area contributed by atoms with Crippen molar-refractivity contribution in [2.75, 3.05) is 127 Å². The van der Waals surface area contributed by atoms with Crippen LogP contribution in [0.1, 0.15) is 88.6 Å². The van der Waals surface area contributed by atoms with Gasteiger partial charge in [-0.1, -0.05) is 54.4 Å². The predicted molar refractivity (Wildman–Crippen MR) is 339 cm³/mol. The van der Waals surface area contributed by atoms with E-state index in [1.807, 2.05) is 68.0 Å². The van der Waals surface area contributed by atoms with Gasteiger partial charge in [0, 0.05) is 138 Å². The summed E-state index contributed by atoms with van der Waals surface area (Å²) in [7, 11) is -14.6. The fourth-order valence-electron chi connectivity index (χ4n) is 12.3. The summed E-state index contributed by atoms with van der Waals surface area (Å²) < 4.78 is 140. The molecule has 2 atom stereocenters. The Morgan fingerprint density at radius 1 is 0.784 bits per heavy atom. The molecule has 0 spiro atoms. The fraction of sp³-hybridized carbons (Fsp3) is 0.548. The summed E-state index contributed by atoms with van der Waals surface area (Å²) in [4.78, 5) is 35.8. The minimum absolute atomic E-state index is 0.0370. The number of sulfone groups is 1. The molecule has 2 N–H and O–H groups in total. The van der Waals surface area contributed by atoms with E-state index in [0.29, 0.717) is 115 Å².